The van der Waals surface area contributed by atoms with Crippen LogP contribution in [0.1, 0.15) is 48.5 Å². The molecule has 0 saturated heterocycles. The molecule has 0 aromatic heterocycles. The van der Waals surface area contributed by atoms with E-state index in [9.17, 15) is 9.90 Å². The van der Waals surface area contributed by atoms with Crippen LogP contribution in [0.5, 0.6) is 0 Å². The second-order valence-electron chi connectivity index (χ2n) is 4.78. The van der Waals surface area contributed by atoms with E-state index in [-0.39, 0.29) is 17.8 Å². The van der Waals surface area contributed by atoms with Gasteiger partial charge in [0.05, 0.1) is 6.61 Å². The third-order valence-corrected chi connectivity index (χ3v) is 3.74. The van der Waals surface area contributed by atoms with E-state index in [4.69, 9.17) is 0 Å². The molecule has 0 bridgehead atoms. The SMILES string of the molecule is CC(=O)c1cccc(C2(CO)CCCC2)c1. The second kappa shape index (κ2) is 4.38. The Labute approximate surface area is 96.3 Å². The molecule has 1 aromatic rings. The van der Waals surface area contributed by atoms with E-state index >= 15 is 0 Å². The van der Waals surface area contributed by atoms with Gasteiger partial charge < -0.3 is 5.11 Å². The lowest BCUT2D eigenvalue weighted by Crippen LogP contribution is -2.26. The van der Waals surface area contributed by atoms with Crippen molar-refractivity contribution in [1.29, 1.82) is 0 Å². The minimum atomic E-state index is -0.0918. The standard InChI is InChI=1S/C14H18O2/c1-11(16)12-5-4-6-13(9-12)14(10-15)7-2-3-8-14/h4-6,9,15H,2-3,7-8,10H2,1H3. The summed E-state index contributed by atoms with van der Waals surface area (Å²) in [4.78, 5) is 11.3. The number of Topliss-reactive ketones (excluding diaryl/α,β-unsaturated/α-hetero) is 1. The molecule has 0 aliphatic heterocycles. The number of benzene rings is 1. The number of rotatable bonds is 3. The molecule has 16 heavy (non-hydrogen) atoms. The fourth-order valence-corrected chi connectivity index (χ4v) is 2.66. The minimum absolute atomic E-state index is 0.0907. The van der Waals surface area contributed by atoms with E-state index in [0.717, 1.165) is 24.0 Å². The van der Waals surface area contributed by atoms with Gasteiger partial charge in [0.15, 0.2) is 5.78 Å². The summed E-state index contributed by atoms with van der Waals surface area (Å²) >= 11 is 0. The molecule has 86 valence electrons. The zero-order valence-electron chi connectivity index (χ0n) is 9.70. The Kier molecular flexibility index (Phi) is 3.10. The Bertz CT molecular complexity index is 389. The van der Waals surface area contributed by atoms with Crippen LogP contribution in [0.3, 0.4) is 0 Å². The van der Waals surface area contributed by atoms with Gasteiger partial charge >= 0.3 is 0 Å². The summed E-state index contributed by atoms with van der Waals surface area (Å²) in [6, 6.07) is 7.74. The van der Waals surface area contributed by atoms with Gasteiger partial charge in [-0.1, -0.05) is 31.0 Å². The summed E-state index contributed by atoms with van der Waals surface area (Å²) in [5, 5.41) is 9.61. The van der Waals surface area contributed by atoms with Gasteiger partial charge in [0, 0.05) is 11.0 Å². The van der Waals surface area contributed by atoms with Crippen LogP contribution in [0, 0.1) is 0 Å². The van der Waals surface area contributed by atoms with Crippen molar-refractivity contribution in [3.63, 3.8) is 0 Å². The van der Waals surface area contributed by atoms with Crippen molar-refractivity contribution in [1.82, 2.24) is 0 Å². The van der Waals surface area contributed by atoms with Gasteiger partial charge in [0.1, 0.15) is 0 Å². The van der Waals surface area contributed by atoms with Crippen LogP contribution in [0.4, 0.5) is 0 Å². The van der Waals surface area contributed by atoms with Crippen molar-refractivity contribution in [3.8, 4) is 0 Å². The zero-order valence-corrected chi connectivity index (χ0v) is 9.70. The summed E-state index contributed by atoms with van der Waals surface area (Å²) in [5.41, 5.74) is 1.78. The van der Waals surface area contributed by atoms with Crippen molar-refractivity contribution < 1.29 is 9.90 Å². The maximum Gasteiger partial charge on any atom is 0.159 e. The first kappa shape index (κ1) is 11.3. The van der Waals surface area contributed by atoms with Crippen LogP contribution in [0.15, 0.2) is 24.3 Å². The maximum atomic E-state index is 11.3. The van der Waals surface area contributed by atoms with Crippen molar-refractivity contribution in [2.45, 2.75) is 38.0 Å². The van der Waals surface area contributed by atoms with Gasteiger partial charge in [0.25, 0.3) is 0 Å². The third-order valence-electron chi connectivity index (χ3n) is 3.74. The van der Waals surface area contributed by atoms with E-state index in [0.29, 0.717) is 0 Å². The predicted molar refractivity (Wildman–Crippen MR) is 63.7 cm³/mol. The van der Waals surface area contributed by atoms with E-state index in [1.807, 2.05) is 24.3 Å². The van der Waals surface area contributed by atoms with Gasteiger partial charge in [0.2, 0.25) is 0 Å². The Morgan fingerprint density at radius 3 is 2.62 bits per heavy atom. The summed E-state index contributed by atoms with van der Waals surface area (Å²) in [6.45, 7) is 1.77. The number of hydrogen-bond donors (Lipinski definition) is 1. The van der Waals surface area contributed by atoms with Crippen LogP contribution >= 0.6 is 0 Å². The lowest BCUT2D eigenvalue weighted by atomic mass is 9.79. The number of hydrogen-bond acceptors (Lipinski definition) is 2. The molecular weight excluding hydrogens is 200 g/mol. The molecule has 2 rings (SSSR count). The fourth-order valence-electron chi connectivity index (χ4n) is 2.66. The smallest absolute Gasteiger partial charge is 0.159 e. The van der Waals surface area contributed by atoms with Gasteiger partial charge in [-0.05, 0) is 31.4 Å². The summed E-state index contributed by atoms with van der Waals surface area (Å²) in [5.74, 6) is 0.0907. The minimum Gasteiger partial charge on any atom is -0.395 e. The Morgan fingerprint density at radius 2 is 2.06 bits per heavy atom. The van der Waals surface area contributed by atoms with Crippen molar-refractivity contribution in [2.24, 2.45) is 0 Å². The van der Waals surface area contributed by atoms with Crippen molar-refractivity contribution in [2.75, 3.05) is 6.61 Å². The molecule has 1 aliphatic carbocycles. The third kappa shape index (κ3) is 1.90. The molecule has 0 amide bonds. The number of carbonyl (C=O) groups is 1. The van der Waals surface area contributed by atoms with E-state index in [1.54, 1.807) is 6.92 Å². The summed E-state index contributed by atoms with van der Waals surface area (Å²) in [7, 11) is 0. The number of aliphatic hydroxyl groups is 1. The largest absolute Gasteiger partial charge is 0.395 e. The summed E-state index contributed by atoms with van der Waals surface area (Å²) < 4.78 is 0. The molecule has 1 N–H and O–H groups in total. The van der Waals surface area contributed by atoms with Crippen LogP contribution in [0.25, 0.3) is 0 Å². The Hall–Kier alpha value is -1.15. The first-order valence-corrected chi connectivity index (χ1v) is 5.90. The highest BCUT2D eigenvalue weighted by molar-refractivity contribution is 5.94. The molecule has 1 aliphatic rings. The van der Waals surface area contributed by atoms with Crippen molar-refractivity contribution in [3.05, 3.63) is 35.4 Å². The lowest BCUT2D eigenvalue weighted by Gasteiger charge is -2.27. The molecule has 0 radical (unpaired) electrons. The molecule has 2 nitrogen and oxygen atoms in total. The second-order valence-corrected chi connectivity index (χ2v) is 4.78. The summed E-state index contributed by atoms with van der Waals surface area (Å²) in [6.07, 6.45) is 4.41. The molecule has 0 atom stereocenters. The average Bonchev–Trinajstić information content (AvgIpc) is 2.79. The first-order valence-electron chi connectivity index (χ1n) is 5.90. The van der Waals surface area contributed by atoms with Gasteiger partial charge in [-0.2, -0.15) is 0 Å². The maximum absolute atomic E-state index is 11.3. The molecule has 2 heteroatoms. The number of ketones is 1. The average molecular weight is 218 g/mol. The van der Waals surface area contributed by atoms with Gasteiger partial charge in [-0.15, -0.1) is 0 Å². The molecule has 1 aromatic carbocycles. The molecule has 1 fully saturated rings. The van der Waals surface area contributed by atoms with E-state index in [1.165, 1.54) is 12.8 Å². The van der Waals surface area contributed by atoms with Gasteiger partial charge in [-0.25, -0.2) is 0 Å². The molecule has 0 spiro atoms. The lowest BCUT2D eigenvalue weighted by molar-refractivity contribution is 0.101. The van der Waals surface area contributed by atoms with Crippen LogP contribution in [0.2, 0.25) is 0 Å². The van der Waals surface area contributed by atoms with Crippen LogP contribution in [-0.2, 0) is 5.41 Å². The topological polar surface area (TPSA) is 37.3 Å². The predicted octanol–water partition coefficient (Wildman–Crippen LogP) is 2.69. The first-order chi connectivity index (χ1) is 7.68. The Morgan fingerprint density at radius 1 is 1.38 bits per heavy atom. The molecular formula is C14H18O2. The number of carbonyl (C=O) groups excluding carboxylic acids is 1. The van der Waals surface area contributed by atoms with E-state index < -0.39 is 0 Å². The fraction of sp³-hybridized carbons (Fsp3) is 0.500. The molecule has 1 saturated carbocycles. The quantitative estimate of drug-likeness (QED) is 0.792. The van der Waals surface area contributed by atoms with E-state index in [2.05, 4.69) is 0 Å². The van der Waals surface area contributed by atoms with Gasteiger partial charge in [-0.3, -0.25) is 4.79 Å². The molecule has 0 heterocycles. The highest BCUT2D eigenvalue weighted by Gasteiger charge is 2.35. The zero-order chi connectivity index (χ0) is 11.6. The highest BCUT2D eigenvalue weighted by atomic mass is 16.3. The number of aliphatic hydroxyl groups excluding tert-OH is 1. The van der Waals surface area contributed by atoms with Crippen LogP contribution in [-0.4, -0.2) is 17.5 Å². The highest BCUT2D eigenvalue weighted by Crippen LogP contribution is 2.40. The van der Waals surface area contributed by atoms with Crippen LogP contribution < -0.4 is 0 Å². The molecule has 0 unspecified atom stereocenters. The Balaban J connectivity index is 2.38. The normalized spacial score (nSPS) is 18.6. The van der Waals surface area contributed by atoms with Crippen molar-refractivity contribution >= 4 is 5.78 Å². The monoisotopic (exact) mass is 218 g/mol.